The van der Waals surface area contributed by atoms with Crippen LogP contribution < -0.4 is 5.48 Å². The van der Waals surface area contributed by atoms with E-state index in [0.717, 1.165) is 18.4 Å². The lowest BCUT2D eigenvalue weighted by atomic mass is 10.1. The third kappa shape index (κ3) is 12.0. The van der Waals surface area contributed by atoms with E-state index in [-0.39, 0.29) is 37.1 Å². The van der Waals surface area contributed by atoms with E-state index in [4.69, 9.17) is 14.3 Å². The minimum Gasteiger partial charge on any atom is -0.453 e. The molecular formula is C31H47N3O7. The summed E-state index contributed by atoms with van der Waals surface area (Å²) in [4.78, 5) is 58.5. The van der Waals surface area contributed by atoms with Crippen LogP contribution in [0.4, 0.5) is 0 Å². The maximum atomic E-state index is 13.9. The summed E-state index contributed by atoms with van der Waals surface area (Å²) in [5, 5.41) is 2.50. The Kier molecular flexibility index (Phi) is 14.5. The monoisotopic (exact) mass is 573 g/mol. The van der Waals surface area contributed by atoms with Crippen molar-refractivity contribution in [1.29, 1.82) is 0 Å². The van der Waals surface area contributed by atoms with Crippen LogP contribution in [0.3, 0.4) is 0 Å². The number of carbonyl (C=O) groups is 4. The highest BCUT2D eigenvalue weighted by Crippen LogP contribution is 2.20. The maximum Gasteiger partial charge on any atom is 0.303 e. The first-order valence-electron chi connectivity index (χ1n) is 14.6. The summed E-state index contributed by atoms with van der Waals surface area (Å²) < 4.78 is 10.8. The van der Waals surface area contributed by atoms with Crippen molar-refractivity contribution in [2.24, 2.45) is 11.8 Å². The SMILES string of the molecule is CC(=O)O[C@H](C)C(=O)N(CC(C)C)N(C(=O)CCC(C)C)[C@@H](CC=Cc1ccccc1)C(=O)NOC1CCCCO1. The lowest BCUT2D eigenvalue weighted by molar-refractivity contribution is -0.206. The quantitative estimate of drug-likeness (QED) is 0.255. The van der Waals surface area contributed by atoms with Gasteiger partial charge in [0.2, 0.25) is 5.91 Å². The van der Waals surface area contributed by atoms with Gasteiger partial charge >= 0.3 is 5.97 Å². The van der Waals surface area contributed by atoms with Crippen LogP contribution in [0.15, 0.2) is 36.4 Å². The Hall–Kier alpha value is -3.24. The molecule has 1 aromatic carbocycles. The van der Waals surface area contributed by atoms with Crippen molar-refractivity contribution in [1.82, 2.24) is 15.5 Å². The Labute approximate surface area is 244 Å². The molecule has 1 aliphatic rings. The highest BCUT2D eigenvalue weighted by molar-refractivity contribution is 5.90. The lowest BCUT2D eigenvalue weighted by Gasteiger charge is -2.41. The number of nitrogens with one attached hydrogen (secondary N) is 1. The molecular weight excluding hydrogens is 526 g/mol. The number of hydrazine groups is 1. The topological polar surface area (TPSA) is 114 Å². The van der Waals surface area contributed by atoms with E-state index in [0.29, 0.717) is 19.4 Å². The average Bonchev–Trinajstić information content (AvgIpc) is 2.93. The van der Waals surface area contributed by atoms with E-state index in [2.05, 4.69) is 5.48 Å². The smallest absolute Gasteiger partial charge is 0.303 e. The summed E-state index contributed by atoms with van der Waals surface area (Å²) in [5.74, 6) is -2.00. The second-order valence-electron chi connectivity index (χ2n) is 11.2. The van der Waals surface area contributed by atoms with Crippen molar-refractivity contribution in [3.63, 3.8) is 0 Å². The third-order valence-corrected chi connectivity index (χ3v) is 6.43. The first-order chi connectivity index (χ1) is 19.5. The van der Waals surface area contributed by atoms with Gasteiger partial charge in [0, 0.05) is 32.9 Å². The van der Waals surface area contributed by atoms with Gasteiger partial charge in [0.05, 0.1) is 0 Å². The fourth-order valence-corrected chi connectivity index (χ4v) is 4.35. The predicted molar refractivity (Wildman–Crippen MR) is 155 cm³/mol. The van der Waals surface area contributed by atoms with Gasteiger partial charge < -0.3 is 9.47 Å². The van der Waals surface area contributed by atoms with Gasteiger partial charge in [-0.25, -0.2) is 20.3 Å². The number of esters is 1. The summed E-state index contributed by atoms with van der Waals surface area (Å²) in [6.07, 6.45) is 5.18. The molecule has 0 saturated carbocycles. The van der Waals surface area contributed by atoms with Crippen LogP contribution in [0.1, 0.15) is 85.6 Å². The largest absolute Gasteiger partial charge is 0.453 e. The van der Waals surface area contributed by atoms with E-state index in [1.54, 1.807) is 6.08 Å². The summed E-state index contributed by atoms with van der Waals surface area (Å²) in [5.41, 5.74) is 3.42. The van der Waals surface area contributed by atoms with E-state index in [9.17, 15) is 19.2 Å². The number of amides is 3. The predicted octanol–water partition coefficient (Wildman–Crippen LogP) is 4.65. The van der Waals surface area contributed by atoms with Crippen molar-refractivity contribution in [2.75, 3.05) is 13.2 Å². The zero-order valence-corrected chi connectivity index (χ0v) is 25.3. The molecule has 1 N–H and O–H groups in total. The number of carbonyl (C=O) groups excluding carboxylic acids is 4. The normalized spacial score (nSPS) is 16.8. The molecule has 1 heterocycles. The van der Waals surface area contributed by atoms with Crippen molar-refractivity contribution in [2.45, 2.75) is 98.5 Å². The number of ether oxygens (including phenoxy) is 2. The minimum atomic E-state index is -1.15. The highest BCUT2D eigenvalue weighted by Gasteiger charge is 2.39. The van der Waals surface area contributed by atoms with E-state index >= 15 is 0 Å². The first-order valence-corrected chi connectivity index (χ1v) is 14.6. The third-order valence-electron chi connectivity index (χ3n) is 6.43. The lowest BCUT2D eigenvalue weighted by Crippen LogP contribution is -2.61. The molecule has 10 nitrogen and oxygen atoms in total. The van der Waals surface area contributed by atoms with Gasteiger partial charge in [0.15, 0.2) is 12.4 Å². The molecule has 1 unspecified atom stereocenters. The summed E-state index contributed by atoms with van der Waals surface area (Å²) >= 11 is 0. The van der Waals surface area contributed by atoms with Crippen molar-refractivity contribution >= 4 is 29.8 Å². The Morgan fingerprint density at radius 2 is 1.76 bits per heavy atom. The molecule has 0 spiro atoms. The highest BCUT2D eigenvalue weighted by atomic mass is 16.8. The van der Waals surface area contributed by atoms with Gasteiger partial charge in [-0.2, -0.15) is 0 Å². The summed E-state index contributed by atoms with van der Waals surface area (Å²) in [6.45, 7) is 11.2. The fraction of sp³-hybridized carbons (Fsp3) is 0.613. The van der Waals surface area contributed by atoms with Crippen molar-refractivity contribution < 1.29 is 33.5 Å². The van der Waals surface area contributed by atoms with Gasteiger partial charge in [0.1, 0.15) is 6.04 Å². The maximum absolute atomic E-state index is 13.9. The molecule has 1 saturated heterocycles. The molecule has 10 heteroatoms. The van der Waals surface area contributed by atoms with Crippen LogP contribution in [-0.2, 0) is 33.5 Å². The number of hydrogen-bond donors (Lipinski definition) is 1. The van der Waals surface area contributed by atoms with E-state index in [1.165, 1.54) is 23.9 Å². The molecule has 0 radical (unpaired) electrons. The molecule has 1 fully saturated rings. The number of rotatable bonds is 14. The molecule has 3 amide bonds. The van der Waals surface area contributed by atoms with Gasteiger partial charge in [-0.3, -0.25) is 19.2 Å². The summed E-state index contributed by atoms with van der Waals surface area (Å²) in [7, 11) is 0. The first kappa shape index (κ1) is 34.0. The molecule has 0 aromatic heterocycles. The van der Waals surface area contributed by atoms with Gasteiger partial charge in [-0.1, -0.05) is 70.2 Å². The Morgan fingerprint density at radius 3 is 2.34 bits per heavy atom. The van der Waals surface area contributed by atoms with Crippen LogP contribution in [0.25, 0.3) is 6.08 Å². The second kappa shape index (κ2) is 17.5. The van der Waals surface area contributed by atoms with Crippen LogP contribution in [0, 0.1) is 11.8 Å². The van der Waals surface area contributed by atoms with Gasteiger partial charge in [-0.05, 0) is 50.0 Å². The van der Waals surface area contributed by atoms with E-state index in [1.807, 2.05) is 64.1 Å². The number of hydrogen-bond acceptors (Lipinski definition) is 7. The zero-order chi connectivity index (χ0) is 30.4. The zero-order valence-electron chi connectivity index (χ0n) is 25.3. The standard InChI is InChI=1S/C31H47N3O7/c1-22(2)18-19-28(36)34(33(21-23(3)4)31(38)24(5)40-25(6)35)27(16-12-15-26-13-8-7-9-14-26)30(37)32-41-29-17-10-11-20-39-29/h7-9,12-15,22-24,27,29H,10-11,16-21H2,1-6H3,(H,32,37)/t24-,27+,29?/m1/s1. The summed E-state index contributed by atoms with van der Waals surface area (Å²) in [6, 6.07) is 8.45. The van der Waals surface area contributed by atoms with E-state index < -0.39 is 36.2 Å². The molecule has 41 heavy (non-hydrogen) atoms. The average molecular weight is 574 g/mol. The van der Waals surface area contributed by atoms with Crippen LogP contribution >= 0.6 is 0 Å². The Morgan fingerprint density at radius 1 is 1.05 bits per heavy atom. The molecule has 1 aliphatic heterocycles. The molecule has 228 valence electrons. The molecule has 0 bridgehead atoms. The second-order valence-corrected chi connectivity index (χ2v) is 11.2. The fourth-order valence-electron chi connectivity index (χ4n) is 4.35. The van der Waals surface area contributed by atoms with Crippen molar-refractivity contribution in [3.05, 3.63) is 42.0 Å². The molecule has 3 atom stereocenters. The van der Waals surface area contributed by atoms with Crippen molar-refractivity contribution in [3.8, 4) is 0 Å². The van der Waals surface area contributed by atoms with Crippen LogP contribution in [0.5, 0.6) is 0 Å². The Balaban J connectivity index is 2.48. The van der Waals surface area contributed by atoms with Crippen LogP contribution in [-0.4, -0.2) is 65.3 Å². The number of nitrogens with zero attached hydrogens (tertiary/aromatic N) is 2. The molecule has 1 aromatic rings. The minimum absolute atomic E-state index is 0.0562. The van der Waals surface area contributed by atoms with Gasteiger partial charge in [-0.15, -0.1) is 0 Å². The molecule has 2 rings (SSSR count). The van der Waals surface area contributed by atoms with Gasteiger partial charge in [0.25, 0.3) is 11.8 Å². The Bertz CT molecular complexity index is 1010. The van der Waals surface area contributed by atoms with Crippen LogP contribution in [0.2, 0.25) is 0 Å². The molecule has 0 aliphatic carbocycles. The number of hydroxylamine groups is 1. The number of benzene rings is 1.